The van der Waals surface area contributed by atoms with Gasteiger partial charge in [-0.05, 0) is 44.6 Å². The third-order valence-electron chi connectivity index (χ3n) is 2.46. The molecule has 1 heteroatoms. The SMILES string of the molecule is CC1=CC(C)CC(CCN)C1. The van der Waals surface area contributed by atoms with Crippen LogP contribution in [0.1, 0.15) is 33.1 Å². The van der Waals surface area contributed by atoms with Gasteiger partial charge in [-0.1, -0.05) is 18.6 Å². The lowest BCUT2D eigenvalue weighted by Crippen LogP contribution is -2.15. The maximum atomic E-state index is 5.53. The summed E-state index contributed by atoms with van der Waals surface area (Å²) in [5.74, 6) is 1.64. The van der Waals surface area contributed by atoms with E-state index in [9.17, 15) is 0 Å². The van der Waals surface area contributed by atoms with Gasteiger partial charge in [-0.15, -0.1) is 0 Å². The van der Waals surface area contributed by atoms with Gasteiger partial charge in [0.05, 0.1) is 0 Å². The first kappa shape index (κ1) is 8.79. The first-order valence-corrected chi connectivity index (χ1v) is 4.59. The molecule has 0 spiro atoms. The normalized spacial score (nSPS) is 31.7. The van der Waals surface area contributed by atoms with E-state index in [0.717, 1.165) is 18.4 Å². The van der Waals surface area contributed by atoms with Crippen molar-refractivity contribution in [1.29, 1.82) is 0 Å². The largest absolute Gasteiger partial charge is 0.330 e. The van der Waals surface area contributed by atoms with E-state index in [1.165, 1.54) is 19.3 Å². The zero-order valence-corrected chi connectivity index (χ0v) is 7.64. The Labute approximate surface area is 69.7 Å². The molecule has 0 bridgehead atoms. The minimum Gasteiger partial charge on any atom is -0.330 e. The fourth-order valence-electron chi connectivity index (χ4n) is 2.14. The summed E-state index contributed by atoms with van der Waals surface area (Å²) in [6.07, 6.45) is 6.22. The van der Waals surface area contributed by atoms with Gasteiger partial charge < -0.3 is 5.73 Å². The molecule has 2 atom stereocenters. The predicted molar refractivity (Wildman–Crippen MR) is 49.3 cm³/mol. The summed E-state index contributed by atoms with van der Waals surface area (Å²) in [6.45, 7) is 5.38. The van der Waals surface area contributed by atoms with Gasteiger partial charge in [-0.2, -0.15) is 0 Å². The Hall–Kier alpha value is -0.300. The summed E-state index contributed by atoms with van der Waals surface area (Å²) in [6, 6.07) is 0. The summed E-state index contributed by atoms with van der Waals surface area (Å²) in [4.78, 5) is 0. The van der Waals surface area contributed by atoms with Gasteiger partial charge in [-0.3, -0.25) is 0 Å². The molecule has 0 radical (unpaired) electrons. The third-order valence-corrected chi connectivity index (χ3v) is 2.46. The average molecular weight is 153 g/mol. The van der Waals surface area contributed by atoms with Gasteiger partial charge in [0, 0.05) is 0 Å². The lowest BCUT2D eigenvalue weighted by Gasteiger charge is -2.24. The van der Waals surface area contributed by atoms with Gasteiger partial charge >= 0.3 is 0 Å². The summed E-state index contributed by atoms with van der Waals surface area (Å²) >= 11 is 0. The van der Waals surface area contributed by atoms with Gasteiger partial charge in [-0.25, -0.2) is 0 Å². The molecule has 0 fully saturated rings. The fraction of sp³-hybridized carbons (Fsp3) is 0.800. The van der Waals surface area contributed by atoms with E-state index in [4.69, 9.17) is 5.73 Å². The number of nitrogens with two attached hydrogens (primary N) is 1. The van der Waals surface area contributed by atoms with E-state index in [0.29, 0.717) is 0 Å². The summed E-state index contributed by atoms with van der Waals surface area (Å²) < 4.78 is 0. The molecule has 64 valence electrons. The quantitative estimate of drug-likeness (QED) is 0.605. The van der Waals surface area contributed by atoms with Crippen molar-refractivity contribution in [3.8, 4) is 0 Å². The summed E-state index contributed by atoms with van der Waals surface area (Å²) in [7, 11) is 0. The molecule has 0 aliphatic heterocycles. The van der Waals surface area contributed by atoms with E-state index in [1.54, 1.807) is 5.57 Å². The van der Waals surface area contributed by atoms with Crippen LogP contribution < -0.4 is 5.73 Å². The van der Waals surface area contributed by atoms with Crippen LogP contribution in [0, 0.1) is 11.8 Å². The standard InChI is InChI=1S/C10H19N/c1-8-5-9(2)7-10(6-8)3-4-11/h5,8,10H,3-4,6-7,11H2,1-2H3. The van der Waals surface area contributed by atoms with Gasteiger partial charge in [0.1, 0.15) is 0 Å². The van der Waals surface area contributed by atoms with Gasteiger partial charge in [0.15, 0.2) is 0 Å². The zero-order valence-electron chi connectivity index (χ0n) is 7.64. The smallest absolute Gasteiger partial charge is 0.00745 e. The Morgan fingerprint density at radius 2 is 2.36 bits per heavy atom. The third kappa shape index (κ3) is 2.66. The molecule has 1 aliphatic rings. The highest BCUT2D eigenvalue weighted by atomic mass is 14.5. The highest BCUT2D eigenvalue weighted by Crippen LogP contribution is 2.29. The molecule has 2 N–H and O–H groups in total. The van der Waals surface area contributed by atoms with E-state index in [1.807, 2.05) is 0 Å². The Kier molecular flexibility index (Phi) is 3.13. The van der Waals surface area contributed by atoms with Crippen molar-refractivity contribution in [2.45, 2.75) is 33.1 Å². The molecule has 2 unspecified atom stereocenters. The zero-order chi connectivity index (χ0) is 8.27. The summed E-state index contributed by atoms with van der Waals surface area (Å²) in [5.41, 5.74) is 7.09. The molecule has 0 aromatic rings. The van der Waals surface area contributed by atoms with Crippen LogP contribution in [0.2, 0.25) is 0 Å². The molecule has 0 aromatic carbocycles. The van der Waals surface area contributed by atoms with Crippen molar-refractivity contribution in [3.05, 3.63) is 11.6 Å². The van der Waals surface area contributed by atoms with Crippen molar-refractivity contribution in [2.75, 3.05) is 6.54 Å². The van der Waals surface area contributed by atoms with Crippen LogP contribution in [-0.4, -0.2) is 6.54 Å². The Balaban J connectivity index is 2.43. The first-order valence-electron chi connectivity index (χ1n) is 4.59. The fourth-order valence-corrected chi connectivity index (χ4v) is 2.14. The van der Waals surface area contributed by atoms with Crippen molar-refractivity contribution >= 4 is 0 Å². The second kappa shape index (κ2) is 3.91. The topological polar surface area (TPSA) is 26.0 Å². The monoisotopic (exact) mass is 153 g/mol. The Morgan fingerprint density at radius 1 is 1.64 bits per heavy atom. The highest BCUT2D eigenvalue weighted by Gasteiger charge is 2.16. The second-order valence-corrected chi connectivity index (χ2v) is 3.87. The van der Waals surface area contributed by atoms with Crippen LogP contribution in [0.5, 0.6) is 0 Å². The molecular formula is C10H19N. The molecule has 1 rings (SSSR count). The number of allylic oxidation sites excluding steroid dienone is 2. The predicted octanol–water partition coefficient (Wildman–Crippen LogP) is 2.33. The maximum Gasteiger partial charge on any atom is -0.00745 e. The lowest BCUT2D eigenvalue weighted by atomic mass is 9.82. The Morgan fingerprint density at radius 3 is 2.91 bits per heavy atom. The van der Waals surface area contributed by atoms with Crippen LogP contribution in [0.4, 0.5) is 0 Å². The lowest BCUT2D eigenvalue weighted by molar-refractivity contribution is 0.385. The van der Waals surface area contributed by atoms with Crippen LogP contribution in [0.25, 0.3) is 0 Å². The van der Waals surface area contributed by atoms with Gasteiger partial charge in [0.25, 0.3) is 0 Å². The van der Waals surface area contributed by atoms with Crippen LogP contribution >= 0.6 is 0 Å². The molecular weight excluding hydrogens is 134 g/mol. The minimum absolute atomic E-state index is 0.778. The molecule has 1 nitrogen and oxygen atoms in total. The first-order chi connectivity index (χ1) is 5.22. The molecule has 11 heavy (non-hydrogen) atoms. The molecule has 0 amide bonds. The number of rotatable bonds is 2. The molecule has 0 aromatic heterocycles. The van der Waals surface area contributed by atoms with E-state index < -0.39 is 0 Å². The molecule has 1 aliphatic carbocycles. The van der Waals surface area contributed by atoms with E-state index >= 15 is 0 Å². The molecule has 0 saturated carbocycles. The maximum absolute atomic E-state index is 5.53. The summed E-state index contributed by atoms with van der Waals surface area (Å²) in [5, 5.41) is 0. The van der Waals surface area contributed by atoms with Crippen molar-refractivity contribution < 1.29 is 0 Å². The van der Waals surface area contributed by atoms with E-state index in [2.05, 4.69) is 19.9 Å². The van der Waals surface area contributed by atoms with Crippen molar-refractivity contribution in [1.82, 2.24) is 0 Å². The highest BCUT2D eigenvalue weighted by molar-refractivity contribution is 5.05. The number of hydrogen-bond acceptors (Lipinski definition) is 1. The van der Waals surface area contributed by atoms with Crippen LogP contribution in [0.3, 0.4) is 0 Å². The molecule has 0 saturated heterocycles. The van der Waals surface area contributed by atoms with E-state index in [-0.39, 0.29) is 0 Å². The second-order valence-electron chi connectivity index (χ2n) is 3.87. The average Bonchev–Trinajstić information content (AvgIpc) is 1.85. The number of hydrogen-bond donors (Lipinski definition) is 1. The van der Waals surface area contributed by atoms with Crippen LogP contribution in [-0.2, 0) is 0 Å². The van der Waals surface area contributed by atoms with Crippen molar-refractivity contribution in [3.63, 3.8) is 0 Å². The minimum atomic E-state index is 0.778. The van der Waals surface area contributed by atoms with Crippen LogP contribution in [0.15, 0.2) is 11.6 Å². The van der Waals surface area contributed by atoms with Crippen molar-refractivity contribution in [2.24, 2.45) is 17.6 Å². The Bertz CT molecular complexity index is 149. The van der Waals surface area contributed by atoms with Gasteiger partial charge in [0.2, 0.25) is 0 Å². The molecule has 0 heterocycles.